The van der Waals surface area contributed by atoms with Gasteiger partial charge in [-0.3, -0.25) is 4.79 Å². The number of nitrogens with zero attached hydrogens (tertiary/aromatic N) is 1. The number of carbonyl (C=O) groups excluding carboxylic acids is 1. The number of ether oxygens (including phenoxy) is 1. The molecule has 20 heavy (non-hydrogen) atoms. The fourth-order valence-electron chi connectivity index (χ4n) is 2.62. The van der Waals surface area contributed by atoms with E-state index < -0.39 is 0 Å². The standard InChI is InChI=1S/C15H19NO4/c1-10-8-13(9-14(17)19-10)20-12-4-6-16(7-5-12)15(18)11-2-3-11/h8-9,11-12H,2-7H2,1H3. The van der Waals surface area contributed by atoms with Crippen molar-refractivity contribution in [1.82, 2.24) is 4.90 Å². The Labute approximate surface area is 117 Å². The van der Waals surface area contributed by atoms with Crippen LogP contribution < -0.4 is 10.4 Å². The zero-order valence-electron chi connectivity index (χ0n) is 11.6. The fourth-order valence-corrected chi connectivity index (χ4v) is 2.62. The van der Waals surface area contributed by atoms with Crippen molar-refractivity contribution in [3.8, 4) is 5.75 Å². The third-order valence-corrected chi connectivity index (χ3v) is 3.85. The lowest BCUT2D eigenvalue weighted by atomic mass is 10.1. The van der Waals surface area contributed by atoms with Crippen LogP contribution in [0.15, 0.2) is 21.3 Å². The highest BCUT2D eigenvalue weighted by Crippen LogP contribution is 2.32. The van der Waals surface area contributed by atoms with Gasteiger partial charge in [0.1, 0.15) is 17.6 Å². The summed E-state index contributed by atoms with van der Waals surface area (Å²) >= 11 is 0. The predicted molar refractivity (Wildman–Crippen MR) is 72.7 cm³/mol. The number of hydrogen-bond donors (Lipinski definition) is 0. The van der Waals surface area contributed by atoms with Gasteiger partial charge in [0.2, 0.25) is 5.91 Å². The number of piperidine rings is 1. The van der Waals surface area contributed by atoms with Crippen LogP contribution in [-0.2, 0) is 4.79 Å². The lowest BCUT2D eigenvalue weighted by Crippen LogP contribution is -2.42. The Morgan fingerprint density at radius 1 is 1.25 bits per heavy atom. The minimum Gasteiger partial charge on any atom is -0.490 e. The van der Waals surface area contributed by atoms with Crippen LogP contribution in [0.3, 0.4) is 0 Å². The molecule has 2 fully saturated rings. The highest BCUT2D eigenvalue weighted by Gasteiger charge is 2.35. The van der Waals surface area contributed by atoms with Crippen LogP contribution in [0.2, 0.25) is 0 Å². The lowest BCUT2D eigenvalue weighted by Gasteiger charge is -2.32. The van der Waals surface area contributed by atoms with Crippen molar-refractivity contribution in [3.63, 3.8) is 0 Å². The minimum atomic E-state index is -0.388. The van der Waals surface area contributed by atoms with Crippen molar-refractivity contribution in [2.45, 2.75) is 38.7 Å². The summed E-state index contributed by atoms with van der Waals surface area (Å²) in [5.74, 6) is 1.70. The van der Waals surface area contributed by atoms with Crippen LogP contribution in [0.1, 0.15) is 31.4 Å². The van der Waals surface area contributed by atoms with E-state index in [-0.39, 0.29) is 17.6 Å². The monoisotopic (exact) mass is 277 g/mol. The molecule has 2 aliphatic rings. The molecule has 0 radical (unpaired) electrons. The van der Waals surface area contributed by atoms with E-state index in [1.165, 1.54) is 6.07 Å². The summed E-state index contributed by atoms with van der Waals surface area (Å²) < 4.78 is 10.7. The summed E-state index contributed by atoms with van der Waals surface area (Å²) in [6.45, 7) is 3.23. The van der Waals surface area contributed by atoms with Crippen LogP contribution >= 0.6 is 0 Å². The molecule has 0 N–H and O–H groups in total. The molecule has 108 valence electrons. The van der Waals surface area contributed by atoms with Gasteiger partial charge < -0.3 is 14.1 Å². The van der Waals surface area contributed by atoms with Gasteiger partial charge in [-0.2, -0.15) is 0 Å². The molecule has 5 nitrogen and oxygen atoms in total. The summed E-state index contributed by atoms with van der Waals surface area (Å²) in [5.41, 5.74) is -0.388. The van der Waals surface area contributed by atoms with E-state index in [4.69, 9.17) is 9.15 Å². The number of amides is 1. The first-order valence-corrected chi connectivity index (χ1v) is 7.19. The van der Waals surface area contributed by atoms with E-state index >= 15 is 0 Å². The SMILES string of the molecule is Cc1cc(OC2CCN(C(=O)C3CC3)CC2)cc(=O)o1. The summed E-state index contributed by atoms with van der Waals surface area (Å²) in [6.07, 6.45) is 3.80. The molecule has 1 saturated heterocycles. The van der Waals surface area contributed by atoms with Gasteiger partial charge in [-0.1, -0.05) is 0 Å². The molecule has 0 aromatic carbocycles. The quantitative estimate of drug-likeness (QED) is 0.844. The number of carbonyl (C=O) groups is 1. The molecule has 0 atom stereocenters. The molecule has 1 saturated carbocycles. The number of aryl methyl sites for hydroxylation is 1. The van der Waals surface area contributed by atoms with Crippen molar-refractivity contribution in [1.29, 1.82) is 0 Å². The third kappa shape index (κ3) is 3.03. The zero-order chi connectivity index (χ0) is 14.1. The van der Waals surface area contributed by atoms with Gasteiger partial charge in [-0.25, -0.2) is 4.79 Å². The molecule has 1 aliphatic heterocycles. The predicted octanol–water partition coefficient (Wildman–Crippen LogP) is 1.73. The molecular weight excluding hydrogens is 258 g/mol. The smallest absolute Gasteiger partial charge is 0.339 e. The van der Waals surface area contributed by atoms with Crippen LogP contribution in [0, 0.1) is 12.8 Å². The largest absolute Gasteiger partial charge is 0.490 e. The van der Waals surface area contributed by atoms with Crippen molar-refractivity contribution < 1.29 is 13.9 Å². The molecule has 0 spiro atoms. The maximum atomic E-state index is 11.9. The Kier molecular flexibility index (Phi) is 3.51. The van der Waals surface area contributed by atoms with Gasteiger partial charge >= 0.3 is 5.63 Å². The molecule has 1 aromatic rings. The van der Waals surface area contributed by atoms with Gasteiger partial charge in [0.15, 0.2) is 0 Å². The van der Waals surface area contributed by atoms with Crippen LogP contribution in [0.5, 0.6) is 5.75 Å². The normalized spacial score (nSPS) is 19.9. The van der Waals surface area contributed by atoms with E-state index in [1.807, 2.05) is 4.90 Å². The average molecular weight is 277 g/mol. The molecule has 1 aliphatic carbocycles. The maximum Gasteiger partial charge on any atom is 0.339 e. The molecule has 1 aromatic heterocycles. The molecule has 3 rings (SSSR count). The van der Waals surface area contributed by atoms with Gasteiger partial charge in [0, 0.05) is 37.9 Å². The molecule has 5 heteroatoms. The molecule has 0 bridgehead atoms. The molecular formula is C15H19NO4. The van der Waals surface area contributed by atoms with E-state index in [0.29, 0.717) is 17.4 Å². The molecule has 0 unspecified atom stereocenters. The number of likely N-dealkylation sites (tertiary alicyclic amines) is 1. The Morgan fingerprint density at radius 2 is 1.95 bits per heavy atom. The van der Waals surface area contributed by atoms with Gasteiger partial charge in [-0.15, -0.1) is 0 Å². The highest BCUT2D eigenvalue weighted by atomic mass is 16.5. The highest BCUT2D eigenvalue weighted by molar-refractivity contribution is 5.81. The Morgan fingerprint density at radius 3 is 2.55 bits per heavy atom. The van der Waals surface area contributed by atoms with E-state index in [0.717, 1.165) is 38.8 Å². The van der Waals surface area contributed by atoms with Crippen molar-refractivity contribution >= 4 is 5.91 Å². The van der Waals surface area contributed by atoms with Crippen molar-refractivity contribution in [2.24, 2.45) is 5.92 Å². The van der Waals surface area contributed by atoms with Gasteiger partial charge in [0.25, 0.3) is 0 Å². The summed E-state index contributed by atoms with van der Waals surface area (Å²) in [4.78, 5) is 25.2. The first kappa shape index (κ1) is 13.2. The second kappa shape index (κ2) is 5.31. The summed E-state index contributed by atoms with van der Waals surface area (Å²) in [5, 5.41) is 0. The van der Waals surface area contributed by atoms with Crippen LogP contribution in [0.25, 0.3) is 0 Å². The Bertz CT molecular complexity index is 553. The Hall–Kier alpha value is -1.78. The number of hydrogen-bond acceptors (Lipinski definition) is 4. The third-order valence-electron chi connectivity index (χ3n) is 3.85. The minimum absolute atomic E-state index is 0.0689. The first-order chi connectivity index (χ1) is 9.61. The second-order valence-electron chi connectivity index (χ2n) is 5.64. The van der Waals surface area contributed by atoms with E-state index in [1.54, 1.807) is 13.0 Å². The molecule has 2 heterocycles. The van der Waals surface area contributed by atoms with Gasteiger partial charge in [-0.05, 0) is 19.8 Å². The van der Waals surface area contributed by atoms with Crippen molar-refractivity contribution in [2.75, 3.05) is 13.1 Å². The van der Waals surface area contributed by atoms with Crippen LogP contribution in [0.4, 0.5) is 0 Å². The average Bonchev–Trinajstić information content (AvgIpc) is 3.22. The Balaban J connectivity index is 1.55. The van der Waals surface area contributed by atoms with Crippen molar-refractivity contribution in [3.05, 3.63) is 28.3 Å². The zero-order valence-corrected chi connectivity index (χ0v) is 11.6. The summed E-state index contributed by atoms with van der Waals surface area (Å²) in [6, 6.07) is 3.10. The van der Waals surface area contributed by atoms with Crippen LogP contribution in [-0.4, -0.2) is 30.0 Å². The topological polar surface area (TPSA) is 59.8 Å². The summed E-state index contributed by atoms with van der Waals surface area (Å²) in [7, 11) is 0. The molecule has 1 amide bonds. The van der Waals surface area contributed by atoms with E-state index in [9.17, 15) is 9.59 Å². The maximum absolute atomic E-state index is 11.9. The first-order valence-electron chi connectivity index (χ1n) is 7.19. The fraction of sp³-hybridized carbons (Fsp3) is 0.600. The lowest BCUT2D eigenvalue weighted by molar-refractivity contribution is -0.134. The number of rotatable bonds is 3. The van der Waals surface area contributed by atoms with E-state index in [2.05, 4.69) is 0 Å². The van der Waals surface area contributed by atoms with Gasteiger partial charge in [0.05, 0.1) is 6.07 Å². The second-order valence-corrected chi connectivity index (χ2v) is 5.64.